The highest BCUT2D eigenvalue weighted by molar-refractivity contribution is 5.80. The van der Waals surface area contributed by atoms with Crippen molar-refractivity contribution in [3.8, 4) is 0 Å². The Labute approximate surface area is 142 Å². The average molecular weight is 325 g/mol. The first-order valence-corrected chi connectivity index (χ1v) is 9.17. The molecule has 2 unspecified atom stereocenters. The van der Waals surface area contributed by atoms with Crippen molar-refractivity contribution >= 4 is 5.96 Å². The van der Waals surface area contributed by atoms with Crippen molar-refractivity contribution in [2.24, 2.45) is 4.99 Å². The Morgan fingerprint density at radius 1 is 1.13 bits per heavy atom. The topological polar surface area (TPSA) is 37.4 Å². The van der Waals surface area contributed by atoms with Crippen LogP contribution in [0.1, 0.15) is 20.3 Å². The summed E-state index contributed by atoms with van der Waals surface area (Å²) in [6, 6.07) is 1.23. The number of likely N-dealkylation sites (N-methyl/N-ethyl adjacent to an activating group) is 3. The molecule has 6 nitrogen and oxygen atoms in total. The number of hydrogen-bond donors (Lipinski definition) is 1. The molecule has 6 heteroatoms. The minimum absolute atomic E-state index is 0.562. The van der Waals surface area contributed by atoms with Gasteiger partial charge in [-0.1, -0.05) is 13.8 Å². The fourth-order valence-electron chi connectivity index (χ4n) is 3.84. The molecule has 0 radical (unpaired) electrons. The van der Waals surface area contributed by atoms with Crippen LogP contribution >= 0.6 is 0 Å². The largest absolute Gasteiger partial charge is 0.355 e. The van der Waals surface area contributed by atoms with Gasteiger partial charge in [-0.15, -0.1) is 0 Å². The summed E-state index contributed by atoms with van der Waals surface area (Å²) in [6.45, 7) is 13.4. The fraction of sp³-hybridized carbons (Fsp3) is 0.941. The molecule has 2 fully saturated rings. The van der Waals surface area contributed by atoms with Crippen LogP contribution in [0.15, 0.2) is 4.99 Å². The Morgan fingerprint density at radius 3 is 2.52 bits per heavy atom. The Balaban J connectivity index is 1.84. The molecule has 0 aromatic rings. The van der Waals surface area contributed by atoms with E-state index in [0.717, 1.165) is 51.8 Å². The lowest BCUT2D eigenvalue weighted by molar-refractivity contribution is 0.116. The van der Waals surface area contributed by atoms with E-state index in [2.05, 4.69) is 57.9 Å². The summed E-state index contributed by atoms with van der Waals surface area (Å²) in [5.74, 6) is 1.07. The van der Waals surface area contributed by atoms with E-state index in [0.29, 0.717) is 12.1 Å². The minimum atomic E-state index is 0.562. The summed E-state index contributed by atoms with van der Waals surface area (Å²) in [7, 11) is 6.35. The van der Waals surface area contributed by atoms with E-state index < -0.39 is 0 Å². The van der Waals surface area contributed by atoms with Crippen molar-refractivity contribution in [3.63, 3.8) is 0 Å². The molecule has 0 saturated carbocycles. The predicted octanol–water partition coefficient (Wildman–Crippen LogP) is 0.224. The average Bonchev–Trinajstić information content (AvgIpc) is 3.02. The molecule has 2 aliphatic heterocycles. The smallest absolute Gasteiger partial charge is 0.193 e. The molecule has 0 aliphatic carbocycles. The quantitative estimate of drug-likeness (QED) is 0.579. The molecule has 0 spiro atoms. The highest BCUT2D eigenvalue weighted by Gasteiger charge is 2.29. The second-order valence-corrected chi connectivity index (χ2v) is 6.93. The second kappa shape index (κ2) is 8.85. The van der Waals surface area contributed by atoms with Gasteiger partial charge in [0.25, 0.3) is 0 Å². The van der Waals surface area contributed by atoms with Crippen LogP contribution in [0.25, 0.3) is 0 Å². The van der Waals surface area contributed by atoms with E-state index in [1.807, 2.05) is 7.05 Å². The Kier molecular flexibility index (Phi) is 7.11. The molecular weight excluding hydrogens is 288 g/mol. The van der Waals surface area contributed by atoms with Gasteiger partial charge in [-0.25, -0.2) is 0 Å². The molecule has 2 atom stereocenters. The third kappa shape index (κ3) is 4.81. The highest BCUT2D eigenvalue weighted by Crippen LogP contribution is 2.15. The van der Waals surface area contributed by atoms with Crippen LogP contribution in [0, 0.1) is 0 Å². The van der Waals surface area contributed by atoms with Crippen LogP contribution < -0.4 is 5.32 Å². The summed E-state index contributed by atoms with van der Waals surface area (Å²) in [6.07, 6.45) is 1.24. The van der Waals surface area contributed by atoms with Crippen LogP contribution in [0.3, 0.4) is 0 Å². The van der Waals surface area contributed by atoms with Crippen molar-refractivity contribution in [2.75, 3.05) is 73.5 Å². The number of likely N-dealkylation sites (tertiary alicyclic amines) is 1. The molecule has 0 bridgehead atoms. The second-order valence-electron chi connectivity index (χ2n) is 6.93. The molecule has 23 heavy (non-hydrogen) atoms. The van der Waals surface area contributed by atoms with E-state index in [4.69, 9.17) is 0 Å². The monoisotopic (exact) mass is 324 g/mol. The first kappa shape index (κ1) is 18.5. The molecule has 1 N–H and O–H groups in total. The Hall–Kier alpha value is -0.850. The molecule has 2 aliphatic rings. The summed E-state index contributed by atoms with van der Waals surface area (Å²) in [5.41, 5.74) is 0. The summed E-state index contributed by atoms with van der Waals surface area (Å²) in [5, 5.41) is 3.62. The molecule has 2 heterocycles. The summed E-state index contributed by atoms with van der Waals surface area (Å²) >= 11 is 0. The Morgan fingerprint density at radius 2 is 1.87 bits per heavy atom. The van der Waals surface area contributed by atoms with Crippen LogP contribution in [-0.2, 0) is 0 Å². The highest BCUT2D eigenvalue weighted by atomic mass is 15.4. The van der Waals surface area contributed by atoms with Gasteiger partial charge in [0.1, 0.15) is 0 Å². The predicted molar refractivity (Wildman–Crippen MR) is 98.2 cm³/mol. The molecule has 134 valence electrons. The van der Waals surface area contributed by atoms with Crippen LogP contribution in [0.4, 0.5) is 0 Å². The zero-order chi connectivity index (χ0) is 16.8. The third-order valence-corrected chi connectivity index (χ3v) is 5.48. The number of piperazine rings is 1. The lowest BCUT2D eigenvalue weighted by atomic mass is 10.2. The van der Waals surface area contributed by atoms with Crippen LogP contribution in [0.5, 0.6) is 0 Å². The first-order valence-electron chi connectivity index (χ1n) is 9.17. The van der Waals surface area contributed by atoms with E-state index in [-0.39, 0.29) is 0 Å². The van der Waals surface area contributed by atoms with Crippen LogP contribution in [-0.4, -0.2) is 111 Å². The molecule has 0 aromatic carbocycles. The van der Waals surface area contributed by atoms with Crippen molar-refractivity contribution in [2.45, 2.75) is 32.4 Å². The van der Waals surface area contributed by atoms with Crippen molar-refractivity contribution in [1.29, 1.82) is 0 Å². The first-order chi connectivity index (χ1) is 11.1. The van der Waals surface area contributed by atoms with E-state index in [1.54, 1.807) is 0 Å². The normalized spacial score (nSPS) is 27.9. The zero-order valence-electron chi connectivity index (χ0n) is 15.8. The van der Waals surface area contributed by atoms with Crippen molar-refractivity contribution < 1.29 is 0 Å². The summed E-state index contributed by atoms with van der Waals surface area (Å²) < 4.78 is 0. The van der Waals surface area contributed by atoms with Gasteiger partial charge in [0.05, 0.1) is 0 Å². The number of aliphatic imine (C=N–C) groups is 1. The molecule has 2 saturated heterocycles. The van der Waals surface area contributed by atoms with E-state index >= 15 is 0 Å². The zero-order valence-corrected chi connectivity index (χ0v) is 15.8. The number of nitrogens with one attached hydrogen (secondary N) is 1. The number of guanidine groups is 1. The molecule has 2 rings (SSSR count). The number of nitrogens with zero attached hydrogens (tertiary/aromatic N) is 5. The number of hydrogen-bond acceptors (Lipinski definition) is 4. The molecule has 0 amide bonds. The standard InChI is InChI=1S/C17H36N6/c1-6-22(7-2)15-8-9-23(14-15)17(18-3)19-12-16-13-20(4)10-11-21(16)5/h15-16H,6-14H2,1-5H3,(H,18,19). The van der Waals surface area contributed by atoms with Gasteiger partial charge in [0.15, 0.2) is 5.96 Å². The van der Waals surface area contributed by atoms with Gasteiger partial charge in [0.2, 0.25) is 0 Å². The lowest BCUT2D eigenvalue weighted by Crippen LogP contribution is -2.55. The minimum Gasteiger partial charge on any atom is -0.355 e. The van der Waals surface area contributed by atoms with Gasteiger partial charge in [0, 0.05) is 58.4 Å². The molecular formula is C17H36N6. The van der Waals surface area contributed by atoms with Gasteiger partial charge in [-0.3, -0.25) is 14.8 Å². The summed E-state index contributed by atoms with van der Waals surface area (Å²) in [4.78, 5) is 14.4. The number of rotatable bonds is 5. The SMILES string of the molecule is CCN(CC)C1CCN(C(=NC)NCC2CN(C)CCN2C)C1. The maximum absolute atomic E-state index is 4.52. The fourth-order valence-corrected chi connectivity index (χ4v) is 3.84. The molecule has 0 aromatic heterocycles. The lowest BCUT2D eigenvalue weighted by Gasteiger charge is -2.38. The van der Waals surface area contributed by atoms with Gasteiger partial charge < -0.3 is 15.1 Å². The van der Waals surface area contributed by atoms with Gasteiger partial charge in [-0.05, 0) is 33.6 Å². The Bertz CT molecular complexity index is 381. The third-order valence-electron chi connectivity index (χ3n) is 5.48. The van der Waals surface area contributed by atoms with E-state index in [1.165, 1.54) is 13.0 Å². The van der Waals surface area contributed by atoms with Crippen molar-refractivity contribution in [1.82, 2.24) is 24.9 Å². The van der Waals surface area contributed by atoms with Crippen LogP contribution in [0.2, 0.25) is 0 Å². The maximum Gasteiger partial charge on any atom is 0.193 e. The maximum atomic E-state index is 4.52. The van der Waals surface area contributed by atoms with Crippen molar-refractivity contribution in [3.05, 3.63) is 0 Å². The van der Waals surface area contributed by atoms with E-state index in [9.17, 15) is 0 Å². The van der Waals surface area contributed by atoms with Gasteiger partial charge >= 0.3 is 0 Å². The van der Waals surface area contributed by atoms with Gasteiger partial charge in [-0.2, -0.15) is 0 Å².